The van der Waals surface area contributed by atoms with Crippen molar-refractivity contribution in [3.8, 4) is 0 Å². The first-order chi connectivity index (χ1) is 7.13. The van der Waals surface area contributed by atoms with Gasteiger partial charge in [-0.2, -0.15) is 0 Å². The smallest absolute Gasteiger partial charge is 0.302 e. The number of ether oxygens (including phenoxy) is 1. The van der Waals surface area contributed by atoms with Gasteiger partial charge in [0.25, 0.3) is 0 Å². The van der Waals surface area contributed by atoms with Gasteiger partial charge in [0.2, 0.25) is 0 Å². The van der Waals surface area contributed by atoms with Crippen LogP contribution in [-0.4, -0.2) is 22.5 Å². The van der Waals surface area contributed by atoms with Crippen molar-refractivity contribution in [2.75, 3.05) is 7.11 Å². The number of hydrogen-bond acceptors (Lipinski definition) is 3. The summed E-state index contributed by atoms with van der Waals surface area (Å²) < 4.78 is 6.12. The Balaban J connectivity index is 0.000000195. The molecule has 0 bridgehead atoms. The number of hydrogen-bond donors (Lipinski definition) is 0. The molecule has 4 nitrogen and oxygen atoms in total. The number of imidazole rings is 1. The summed E-state index contributed by atoms with van der Waals surface area (Å²) in [7, 11) is 1.35. The van der Waals surface area contributed by atoms with Crippen molar-refractivity contribution in [3.63, 3.8) is 0 Å². The maximum Gasteiger partial charge on any atom is 0.302 e. The third-order valence-corrected chi connectivity index (χ3v) is 1.77. The molecule has 0 unspecified atom stereocenters. The summed E-state index contributed by atoms with van der Waals surface area (Å²) in [6.45, 7) is 3.35. The quantitative estimate of drug-likeness (QED) is 0.617. The lowest BCUT2D eigenvalue weighted by Crippen LogP contribution is -1.88. The Morgan fingerprint density at radius 3 is 2.67 bits per heavy atom. The van der Waals surface area contributed by atoms with Gasteiger partial charge in [0, 0.05) is 19.3 Å². The normalized spacial score (nSPS) is 9.27. The van der Waals surface area contributed by atoms with Gasteiger partial charge in [-0.3, -0.25) is 4.79 Å². The monoisotopic (exact) mass is 206 g/mol. The van der Waals surface area contributed by atoms with Gasteiger partial charge in [-0.25, -0.2) is 4.98 Å². The van der Waals surface area contributed by atoms with E-state index >= 15 is 0 Å². The Bertz CT molecular complexity index is 416. The fraction of sp³-hybridized carbons (Fsp3) is 0.273. The summed E-state index contributed by atoms with van der Waals surface area (Å²) in [6, 6.07) is 5.98. The van der Waals surface area contributed by atoms with Crippen LogP contribution in [0.5, 0.6) is 0 Å². The molecule has 0 N–H and O–H groups in total. The molecule has 0 aliphatic carbocycles. The minimum Gasteiger partial charge on any atom is -0.469 e. The van der Waals surface area contributed by atoms with Crippen LogP contribution in [0, 0.1) is 6.92 Å². The van der Waals surface area contributed by atoms with Crippen molar-refractivity contribution >= 4 is 11.6 Å². The van der Waals surface area contributed by atoms with E-state index in [0.717, 1.165) is 11.3 Å². The van der Waals surface area contributed by atoms with E-state index < -0.39 is 0 Å². The molecular formula is C11H14N2O2. The van der Waals surface area contributed by atoms with Crippen LogP contribution in [0.1, 0.15) is 12.6 Å². The molecule has 0 aliphatic rings. The van der Waals surface area contributed by atoms with E-state index in [9.17, 15) is 4.79 Å². The van der Waals surface area contributed by atoms with Gasteiger partial charge in [0.15, 0.2) is 0 Å². The van der Waals surface area contributed by atoms with Gasteiger partial charge in [-0.1, -0.05) is 6.07 Å². The van der Waals surface area contributed by atoms with E-state index in [0.29, 0.717) is 0 Å². The summed E-state index contributed by atoms with van der Waals surface area (Å²) in [5.74, 6) is -0.245. The van der Waals surface area contributed by atoms with E-state index in [1.54, 1.807) is 0 Å². The average molecular weight is 206 g/mol. The first kappa shape index (κ1) is 11.2. The summed E-state index contributed by atoms with van der Waals surface area (Å²) in [6.07, 6.45) is 4.00. The maximum absolute atomic E-state index is 9.59. The molecule has 0 aromatic carbocycles. The van der Waals surface area contributed by atoms with E-state index in [2.05, 4.69) is 9.72 Å². The van der Waals surface area contributed by atoms with Gasteiger partial charge >= 0.3 is 5.97 Å². The van der Waals surface area contributed by atoms with Crippen molar-refractivity contribution in [3.05, 3.63) is 36.3 Å². The number of rotatable bonds is 0. The molecule has 0 spiro atoms. The summed E-state index contributed by atoms with van der Waals surface area (Å²) >= 11 is 0. The number of esters is 1. The van der Waals surface area contributed by atoms with Crippen molar-refractivity contribution in [2.24, 2.45) is 0 Å². The van der Waals surface area contributed by atoms with Gasteiger partial charge in [0.05, 0.1) is 12.8 Å². The molecule has 80 valence electrons. The lowest BCUT2D eigenvalue weighted by molar-refractivity contribution is -0.137. The second kappa shape index (κ2) is 5.14. The van der Waals surface area contributed by atoms with Crippen molar-refractivity contribution < 1.29 is 9.53 Å². The predicted molar refractivity (Wildman–Crippen MR) is 57.6 cm³/mol. The number of nitrogens with zero attached hydrogens (tertiary/aromatic N) is 2. The zero-order valence-corrected chi connectivity index (χ0v) is 9.10. The second-order valence-corrected chi connectivity index (χ2v) is 3.04. The molecule has 0 aliphatic heterocycles. The van der Waals surface area contributed by atoms with Crippen molar-refractivity contribution in [1.82, 2.24) is 9.38 Å². The highest BCUT2D eigenvalue weighted by Crippen LogP contribution is 2.01. The zero-order chi connectivity index (χ0) is 11.3. The highest BCUT2D eigenvalue weighted by atomic mass is 16.5. The molecule has 0 atom stereocenters. The largest absolute Gasteiger partial charge is 0.469 e. The van der Waals surface area contributed by atoms with Gasteiger partial charge in [0.1, 0.15) is 5.65 Å². The molecule has 2 aromatic rings. The molecule has 0 saturated heterocycles. The third-order valence-electron chi connectivity index (χ3n) is 1.77. The fourth-order valence-corrected chi connectivity index (χ4v) is 1.06. The minimum absolute atomic E-state index is 0.245. The van der Waals surface area contributed by atoms with E-state index in [1.165, 1.54) is 14.0 Å². The Morgan fingerprint density at radius 1 is 1.47 bits per heavy atom. The molecule has 15 heavy (non-hydrogen) atoms. The lowest BCUT2D eigenvalue weighted by Gasteiger charge is -1.86. The molecule has 0 radical (unpaired) electrons. The van der Waals surface area contributed by atoms with Crippen LogP contribution >= 0.6 is 0 Å². The highest BCUT2D eigenvalue weighted by Gasteiger charge is 1.92. The number of fused-ring (bicyclic) bond motifs is 1. The lowest BCUT2D eigenvalue weighted by atomic mass is 10.5. The Morgan fingerprint density at radius 2 is 2.13 bits per heavy atom. The van der Waals surface area contributed by atoms with Crippen LogP contribution in [0.25, 0.3) is 5.65 Å². The van der Waals surface area contributed by atoms with Crippen LogP contribution in [0.15, 0.2) is 30.6 Å². The first-order valence-corrected chi connectivity index (χ1v) is 4.58. The molecule has 4 heteroatoms. The molecule has 2 rings (SSSR count). The third kappa shape index (κ3) is 3.42. The van der Waals surface area contributed by atoms with E-state index in [1.807, 2.05) is 41.9 Å². The Labute approximate surface area is 88.5 Å². The maximum atomic E-state index is 9.59. The summed E-state index contributed by atoms with van der Waals surface area (Å²) in [4.78, 5) is 13.9. The van der Waals surface area contributed by atoms with Crippen LogP contribution in [-0.2, 0) is 9.53 Å². The second-order valence-electron chi connectivity index (χ2n) is 3.04. The number of carbonyl (C=O) groups excluding carboxylic acids is 1. The number of aromatic nitrogens is 2. The van der Waals surface area contributed by atoms with Crippen LogP contribution in [0.4, 0.5) is 0 Å². The van der Waals surface area contributed by atoms with E-state index in [-0.39, 0.29) is 5.97 Å². The standard InChI is InChI=1S/C8H8N2.C3H6O2/c1-7-6-10-5-3-2-4-8(10)9-7;1-3(4)5-2/h2-6H,1H3;1-2H3. The molecule has 2 heterocycles. The van der Waals surface area contributed by atoms with Crippen LogP contribution in [0.2, 0.25) is 0 Å². The Kier molecular flexibility index (Phi) is 3.85. The fourth-order valence-electron chi connectivity index (χ4n) is 1.06. The molecule has 0 fully saturated rings. The van der Waals surface area contributed by atoms with Gasteiger partial charge in [-0.05, 0) is 19.1 Å². The summed E-state index contributed by atoms with van der Waals surface area (Å²) in [5.41, 5.74) is 2.08. The van der Waals surface area contributed by atoms with Crippen LogP contribution < -0.4 is 0 Å². The molecule has 0 saturated carbocycles. The molecular weight excluding hydrogens is 192 g/mol. The SMILES string of the molecule is COC(C)=O.Cc1cn2ccccc2n1. The van der Waals surface area contributed by atoms with Crippen molar-refractivity contribution in [2.45, 2.75) is 13.8 Å². The van der Waals surface area contributed by atoms with Gasteiger partial charge < -0.3 is 9.14 Å². The predicted octanol–water partition coefficient (Wildman–Crippen LogP) is 1.82. The first-order valence-electron chi connectivity index (χ1n) is 4.58. The Hall–Kier alpha value is -1.84. The average Bonchev–Trinajstić information content (AvgIpc) is 2.58. The molecule has 2 aromatic heterocycles. The topological polar surface area (TPSA) is 43.6 Å². The number of pyridine rings is 1. The number of aryl methyl sites for hydroxylation is 1. The number of carbonyl (C=O) groups is 1. The minimum atomic E-state index is -0.245. The summed E-state index contributed by atoms with van der Waals surface area (Å²) in [5, 5.41) is 0. The van der Waals surface area contributed by atoms with Gasteiger partial charge in [-0.15, -0.1) is 0 Å². The van der Waals surface area contributed by atoms with Crippen LogP contribution in [0.3, 0.4) is 0 Å². The zero-order valence-electron chi connectivity index (χ0n) is 9.10. The number of methoxy groups -OCH3 is 1. The highest BCUT2D eigenvalue weighted by molar-refractivity contribution is 5.65. The molecule has 0 amide bonds. The van der Waals surface area contributed by atoms with Crippen molar-refractivity contribution in [1.29, 1.82) is 0 Å². The van der Waals surface area contributed by atoms with E-state index in [4.69, 9.17) is 0 Å².